The molecule has 2 heterocycles. The molecule has 2 N–H and O–H groups in total. The average molecular weight is 343 g/mol. The summed E-state index contributed by atoms with van der Waals surface area (Å²) in [5.41, 5.74) is 1.43. The van der Waals surface area contributed by atoms with Crippen LogP contribution < -0.4 is 5.32 Å². The molecule has 112 valence electrons. The first-order chi connectivity index (χ1) is 10.0. The third-order valence-corrected chi connectivity index (χ3v) is 4.88. The zero-order valence-corrected chi connectivity index (χ0v) is 13.6. The largest absolute Gasteiger partial charge is 0.481 e. The number of aliphatic carboxylic acids is 1. The number of carbonyl (C=O) groups excluding carboxylic acids is 1. The van der Waals surface area contributed by atoms with Gasteiger partial charge in [-0.25, -0.2) is 9.97 Å². The van der Waals surface area contributed by atoms with E-state index in [1.54, 1.807) is 16.7 Å². The van der Waals surface area contributed by atoms with Gasteiger partial charge >= 0.3 is 5.97 Å². The van der Waals surface area contributed by atoms with Crippen molar-refractivity contribution in [1.29, 1.82) is 0 Å². The van der Waals surface area contributed by atoms with Gasteiger partial charge in [-0.2, -0.15) is 0 Å². The predicted octanol–water partition coefficient (Wildman–Crippen LogP) is 2.41. The monoisotopic (exact) mass is 343 g/mol. The average Bonchev–Trinajstić information content (AvgIpc) is 2.98. The standard InChI is InChI=1S/C12H13N3O3S3/c1-7-13-9(5-20-7)3-19-6-10(16)15-12-14-8(4-21-12)2-11(17)18/h4-5H,2-3,6H2,1H3,(H,17,18)(H,14,15,16). The van der Waals surface area contributed by atoms with E-state index in [0.717, 1.165) is 10.7 Å². The van der Waals surface area contributed by atoms with Crippen LogP contribution in [0.25, 0.3) is 0 Å². The highest BCUT2D eigenvalue weighted by Crippen LogP contribution is 2.18. The molecular weight excluding hydrogens is 330 g/mol. The van der Waals surface area contributed by atoms with E-state index in [2.05, 4.69) is 15.3 Å². The minimum Gasteiger partial charge on any atom is -0.481 e. The Morgan fingerprint density at radius 2 is 2.05 bits per heavy atom. The normalized spacial score (nSPS) is 10.5. The molecule has 0 bridgehead atoms. The number of nitrogens with one attached hydrogen (secondary N) is 1. The molecule has 6 nitrogen and oxygen atoms in total. The minimum atomic E-state index is -0.938. The van der Waals surface area contributed by atoms with Crippen molar-refractivity contribution in [3.63, 3.8) is 0 Å². The lowest BCUT2D eigenvalue weighted by atomic mass is 10.3. The maximum Gasteiger partial charge on any atom is 0.309 e. The second-order valence-corrected chi connectivity index (χ2v) is 7.02. The van der Waals surface area contributed by atoms with E-state index in [1.807, 2.05) is 12.3 Å². The van der Waals surface area contributed by atoms with Crippen LogP contribution in [0.15, 0.2) is 10.8 Å². The number of carboxylic acid groups (broad SMARTS) is 1. The van der Waals surface area contributed by atoms with Gasteiger partial charge in [0.25, 0.3) is 0 Å². The number of thiazole rings is 2. The van der Waals surface area contributed by atoms with Crippen molar-refractivity contribution >= 4 is 51.4 Å². The summed E-state index contributed by atoms with van der Waals surface area (Å²) in [6.45, 7) is 1.95. The van der Waals surface area contributed by atoms with Crippen molar-refractivity contribution in [2.45, 2.75) is 19.1 Å². The summed E-state index contributed by atoms with van der Waals surface area (Å²) >= 11 is 4.30. The summed E-state index contributed by atoms with van der Waals surface area (Å²) in [6, 6.07) is 0. The molecule has 0 atom stereocenters. The molecule has 0 aliphatic heterocycles. The maximum atomic E-state index is 11.7. The Morgan fingerprint density at radius 3 is 2.71 bits per heavy atom. The van der Waals surface area contributed by atoms with Gasteiger partial charge in [-0.3, -0.25) is 9.59 Å². The van der Waals surface area contributed by atoms with Gasteiger partial charge in [-0.05, 0) is 6.92 Å². The number of carbonyl (C=O) groups is 2. The highest BCUT2D eigenvalue weighted by Gasteiger charge is 2.09. The Kier molecular flexibility index (Phi) is 5.71. The summed E-state index contributed by atoms with van der Waals surface area (Å²) in [4.78, 5) is 30.7. The topological polar surface area (TPSA) is 92.2 Å². The molecule has 21 heavy (non-hydrogen) atoms. The number of aryl methyl sites for hydroxylation is 1. The summed E-state index contributed by atoms with van der Waals surface area (Å²) in [6.07, 6.45) is -0.135. The van der Waals surface area contributed by atoms with Gasteiger partial charge < -0.3 is 10.4 Å². The van der Waals surface area contributed by atoms with Crippen molar-refractivity contribution in [3.05, 3.63) is 27.2 Å². The molecular formula is C12H13N3O3S3. The second-order valence-electron chi connectivity index (χ2n) is 4.11. The zero-order valence-electron chi connectivity index (χ0n) is 11.2. The van der Waals surface area contributed by atoms with Crippen LogP contribution in [-0.4, -0.2) is 32.7 Å². The molecule has 0 aliphatic rings. The number of nitrogens with zero attached hydrogens (tertiary/aromatic N) is 2. The molecule has 2 rings (SSSR count). The third-order valence-electron chi connectivity index (χ3n) is 2.28. The van der Waals surface area contributed by atoms with E-state index in [0.29, 0.717) is 22.3 Å². The SMILES string of the molecule is Cc1nc(CSCC(=O)Nc2nc(CC(=O)O)cs2)cs1. The van der Waals surface area contributed by atoms with Gasteiger partial charge in [-0.1, -0.05) is 0 Å². The third kappa shape index (κ3) is 5.44. The molecule has 0 aliphatic carbocycles. The summed E-state index contributed by atoms with van der Waals surface area (Å²) in [7, 11) is 0. The number of aromatic nitrogens is 2. The molecule has 0 aromatic carbocycles. The molecule has 0 unspecified atom stereocenters. The van der Waals surface area contributed by atoms with E-state index < -0.39 is 5.97 Å². The van der Waals surface area contributed by atoms with Crippen LogP contribution >= 0.6 is 34.4 Å². The Morgan fingerprint density at radius 1 is 1.29 bits per heavy atom. The molecule has 0 saturated heterocycles. The van der Waals surface area contributed by atoms with Crippen molar-refractivity contribution in [3.8, 4) is 0 Å². The van der Waals surface area contributed by atoms with E-state index in [1.165, 1.54) is 23.1 Å². The van der Waals surface area contributed by atoms with Gasteiger partial charge in [0, 0.05) is 16.5 Å². The van der Waals surface area contributed by atoms with Crippen molar-refractivity contribution in [2.24, 2.45) is 0 Å². The smallest absolute Gasteiger partial charge is 0.309 e. The van der Waals surface area contributed by atoms with Crippen LogP contribution in [0.5, 0.6) is 0 Å². The summed E-state index contributed by atoms with van der Waals surface area (Å²) in [5.74, 6) is -0.0833. The maximum absolute atomic E-state index is 11.7. The summed E-state index contributed by atoms with van der Waals surface area (Å²) < 4.78 is 0. The van der Waals surface area contributed by atoms with Crippen LogP contribution in [0.3, 0.4) is 0 Å². The van der Waals surface area contributed by atoms with Gasteiger partial charge in [0.05, 0.1) is 28.6 Å². The number of hydrogen-bond acceptors (Lipinski definition) is 7. The van der Waals surface area contributed by atoms with Crippen LogP contribution in [0.4, 0.5) is 5.13 Å². The first kappa shape index (κ1) is 15.9. The fourth-order valence-corrected chi connectivity index (χ4v) is 3.64. The molecule has 9 heteroatoms. The Labute approximate surface area is 133 Å². The molecule has 2 aromatic heterocycles. The predicted molar refractivity (Wildman–Crippen MR) is 85.1 cm³/mol. The lowest BCUT2D eigenvalue weighted by Gasteiger charge is -2.00. The first-order valence-electron chi connectivity index (χ1n) is 5.97. The van der Waals surface area contributed by atoms with E-state index >= 15 is 0 Å². The lowest BCUT2D eigenvalue weighted by molar-refractivity contribution is -0.136. The highest BCUT2D eigenvalue weighted by atomic mass is 32.2. The summed E-state index contributed by atoms with van der Waals surface area (Å²) in [5, 5.41) is 16.4. The lowest BCUT2D eigenvalue weighted by Crippen LogP contribution is -2.14. The van der Waals surface area contributed by atoms with Crippen molar-refractivity contribution in [1.82, 2.24) is 9.97 Å². The van der Waals surface area contributed by atoms with E-state index in [4.69, 9.17) is 5.11 Å². The zero-order chi connectivity index (χ0) is 15.2. The number of amides is 1. The fourth-order valence-electron chi connectivity index (χ4n) is 1.48. The van der Waals surface area contributed by atoms with Crippen molar-refractivity contribution < 1.29 is 14.7 Å². The molecule has 0 spiro atoms. The number of anilines is 1. The minimum absolute atomic E-state index is 0.135. The van der Waals surface area contributed by atoms with E-state index in [-0.39, 0.29) is 12.3 Å². The molecule has 2 aromatic rings. The van der Waals surface area contributed by atoms with Gasteiger partial charge in [0.15, 0.2) is 5.13 Å². The number of rotatable bonds is 7. The Hall–Kier alpha value is -1.45. The van der Waals surface area contributed by atoms with Gasteiger partial charge in [0.1, 0.15) is 0 Å². The van der Waals surface area contributed by atoms with Crippen LogP contribution in [0.1, 0.15) is 16.4 Å². The number of carboxylic acids is 1. The quantitative estimate of drug-likeness (QED) is 0.802. The first-order valence-corrected chi connectivity index (χ1v) is 8.89. The highest BCUT2D eigenvalue weighted by molar-refractivity contribution is 7.99. The molecule has 0 fully saturated rings. The van der Waals surface area contributed by atoms with E-state index in [9.17, 15) is 9.59 Å². The van der Waals surface area contributed by atoms with Crippen molar-refractivity contribution in [2.75, 3.05) is 11.1 Å². The molecule has 0 saturated carbocycles. The van der Waals surface area contributed by atoms with Gasteiger partial charge in [0.2, 0.25) is 5.91 Å². The molecule has 0 radical (unpaired) electrons. The van der Waals surface area contributed by atoms with Crippen LogP contribution in [0, 0.1) is 6.92 Å². The van der Waals surface area contributed by atoms with Crippen LogP contribution in [-0.2, 0) is 21.8 Å². The fraction of sp³-hybridized carbons (Fsp3) is 0.333. The van der Waals surface area contributed by atoms with Crippen LogP contribution in [0.2, 0.25) is 0 Å². The Bertz CT molecular complexity index is 638. The molecule has 1 amide bonds. The van der Waals surface area contributed by atoms with Gasteiger partial charge in [-0.15, -0.1) is 34.4 Å². The Balaban J connectivity index is 1.74. The second kappa shape index (κ2) is 7.53. The number of thioether (sulfide) groups is 1. The number of hydrogen-bond donors (Lipinski definition) is 2.